The third-order valence-electron chi connectivity index (χ3n) is 21.8. The summed E-state index contributed by atoms with van der Waals surface area (Å²) in [6.07, 6.45) is 0. The molecule has 8 nitrogen and oxygen atoms in total. The predicted octanol–water partition coefficient (Wildman–Crippen LogP) is 28.9. The lowest BCUT2D eigenvalue weighted by molar-refractivity contribution is 1.07. The largest absolute Gasteiger partial charge is 0.247 e. The van der Waals surface area contributed by atoms with Crippen molar-refractivity contribution in [2.75, 3.05) is 0 Å². The van der Waals surface area contributed by atoms with E-state index in [0.717, 1.165) is 100.0 Å². The maximum atomic E-state index is 5.53. The zero-order valence-corrected chi connectivity index (χ0v) is 65.3. The molecule has 0 unspecified atom stereocenters. The Morgan fingerprint density at radius 2 is 0.424 bits per heavy atom. The van der Waals surface area contributed by atoms with Crippen LogP contribution in [0.1, 0.15) is 0 Å². The first kappa shape index (κ1) is 70.6. The van der Waals surface area contributed by atoms with Gasteiger partial charge < -0.3 is 0 Å². The standard InChI is InChI=1S/2C54H34N4S/c1-5-17-36(18-6-1)47-48-49(43-29-28-35-16-13-14-25-40(35)32-43)55-46-31-30-42(34-45(46)51(48)59-50(47)37-19-7-2-8-20-37)41-26-15-27-44(33-41)54-57-52(38-21-9-3-10-22-38)56-53(58-54)39-23-11-4-12-24-39;1-5-16-37(17-6-1)47-48-49(44-30-27-35-15-13-14-24-42(35)33-44)55-46-32-31-43(34-45(46)51(48)59-50(47)38-18-7-2-8-19-38)36-25-28-41(29-26-36)54-57-52(39-20-9-3-10-21-39)56-53(58-54)40-22-11-4-12-23-40/h2*1-34H. The summed E-state index contributed by atoms with van der Waals surface area (Å²) in [7, 11) is 0. The molecule has 22 rings (SSSR count). The van der Waals surface area contributed by atoms with Gasteiger partial charge in [0, 0.05) is 96.3 Å². The second-order valence-electron chi connectivity index (χ2n) is 29.2. The SMILES string of the molecule is c1ccc(-c2nc(-c3ccccc3)nc(-c3ccc(-c4ccc5nc(-c6ccc7ccccc7c6)c6c(-c7ccccc7)c(-c7ccccc7)sc6c5c4)cc3)n2)cc1.c1ccc(-c2nc(-c3ccccc3)nc(-c3cccc(-c4ccc5nc(-c6ccc7ccccc7c6)c6c(-c7ccccc7)c(-c7ccccc7)sc6c5c4)c3)n2)cc1. The number of hydrogen-bond donors (Lipinski definition) is 0. The Morgan fingerprint density at radius 1 is 0.161 bits per heavy atom. The molecule has 0 N–H and O–H groups in total. The van der Waals surface area contributed by atoms with Gasteiger partial charge in [0.05, 0.1) is 22.4 Å². The Labute approximate surface area is 689 Å². The Bertz CT molecular complexity index is 7390. The van der Waals surface area contributed by atoms with Crippen LogP contribution in [0.3, 0.4) is 0 Å². The average Bonchev–Trinajstić information content (AvgIpc) is 1.56. The fraction of sp³-hybridized carbons (Fsp3) is 0. The number of hydrogen-bond acceptors (Lipinski definition) is 10. The molecule has 10 heteroatoms. The predicted molar refractivity (Wildman–Crippen MR) is 492 cm³/mol. The number of benzene rings is 16. The van der Waals surface area contributed by atoms with Crippen molar-refractivity contribution >= 4 is 86.2 Å². The van der Waals surface area contributed by atoms with Crippen LogP contribution in [0.2, 0.25) is 0 Å². The minimum absolute atomic E-state index is 0.627. The molecule has 0 saturated heterocycles. The average molecular weight is 1540 g/mol. The fourth-order valence-corrected chi connectivity index (χ4v) is 18.7. The summed E-state index contributed by atoms with van der Waals surface area (Å²) in [5.74, 6) is 3.84. The van der Waals surface area contributed by atoms with Gasteiger partial charge >= 0.3 is 0 Å². The van der Waals surface area contributed by atoms with Gasteiger partial charge in [0.25, 0.3) is 0 Å². The van der Waals surface area contributed by atoms with Crippen molar-refractivity contribution in [1.29, 1.82) is 0 Å². The molecule has 0 radical (unpaired) electrons. The van der Waals surface area contributed by atoms with Crippen molar-refractivity contribution in [3.8, 4) is 156 Å². The molecule has 16 aromatic carbocycles. The highest BCUT2D eigenvalue weighted by atomic mass is 32.1. The van der Waals surface area contributed by atoms with Crippen LogP contribution in [0.5, 0.6) is 0 Å². The van der Waals surface area contributed by atoms with Crippen molar-refractivity contribution in [1.82, 2.24) is 39.9 Å². The normalized spacial score (nSPS) is 11.4. The number of pyridine rings is 2. The van der Waals surface area contributed by atoms with Gasteiger partial charge in [0.15, 0.2) is 34.9 Å². The van der Waals surface area contributed by atoms with Crippen molar-refractivity contribution in [2.24, 2.45) is 0 Å². The summed E-state index contributed by atoms with van der Waals surface area (Å²) < 4.78 is 2.44. The summed E-state index contributed by atoms with van der Waals surface area (Å²) in [6.45, 7) is 0. The van der Waals surface area contributed by atoms with E-state index in [0.29, 0.717) is 34.9 Å². The Kier molecular flexibility index (Phi) is 18.5. The Hall–Kier alpha value is -15.2. The molecule has 0 saturated carbocycles. The van der Waals surface area contributed by atoms with E-state index >= 15 is 0 Å². The van der Waals surface area contributed by atoms with Crippen LogP contribution in [0.4, 0.5) is 0 Å². The molecule has 0 bridgehead atoms. The van der Waals surface area contributed by atoms with Gasteiger partial charge in [-0.3, -0.25) is 0 Å². The third kappa shape index (κ3) is 13.7. The van der Waals surface area contributed by atoms with Crippen molar-refractivity contribution in [2.45, 2.75) is 0 Å². The highest BCUT2D eigenvalue weighted by Crippen LogP contribution is 2.53. The molecule has 118 heavy (non-hydrogen) atoms. The first-order valence-electron chi connectivity index (χ1n) is 39.4. The van der Waals surface area contributed by atoms with E-state index in [9.17, 15) is 0 Å². The van der Waals surface area contributed by atoms with E-state index in [1.807, 2.05) is 144 Å². The number of nitrogens with zero attached hydrogens (tertiary/aromatic N) is 8. The van der Waals surface area contributed by atoms with Crippen molar-refractivity contribution in [3.05, 3.63) is 413 Å². The number of fused-ring (bicyclic) bond motifs is 8. The molecule has 552 valence electrons. The van der Waals surface area contributed by atoms with E-state index in [-0.39, 0.29) is 0 Å². The maximum absolute atomic E-state index is 5.53. The van der Waals surface area contributed by atoms with Crippen LogP contribution in [-0.2, 0) is 0 Å². The molecule has 0 aliphatic carbocycles. The zero-order chi connectivity index (χ0) is 78.2. The van der Waals surface area contributed by atoms with Gasteiger partial charge in [-0.05, 0) is 109 Å². The lowest BCUT2D eigenvalue weighted by Gasteiger charge is -2.13. The summed E-state index contributed by atoms with van der Waals surface area (Å²) in [4.78, 5) is 43.3. The lowest BCUT2D eigenvalue weighted by atomic mass is 9.93. The van der Waals surface area contributed by atoms with Crippen LogP contribution in [0.25, 0.3) is 220 Å². The van der Waals surface area contributed by atoms with Crippen LogP contribution in [-0.4, -0.2) is 39.9 Å². The van der Waals surface area contributed by atoms with Crippen LogP contribution in [0, 0.1) is 0 Å². The van der Waals surface area contributed by atoms with Crippen LogP contribution >= 0.6 is 22.7 Å². The lowest BCUT2D eigenvalue weighted by Crippen LogP contribution is -2.00. The zero-order valence-electron chi connectivity index (χ0n) is 63.7. The molecule has 22 aromatic rings. The van der Waals surface area contributed by atoms with Crippen molar-refractivity contribution < 1.29 is 0 Å². The summed E-state index contributed by atoms with van der Waals surface area (Å²) in [6, 6.07) is 144. The fourth-order valence-electron chi connectivity index (χ4n) is 16.0. The first-order valence-corrected chi connectivity index (χ1v) is 41.1. The van der Waals surface area contributed by atoms with E-state index in [4.69, 9.17) is 39.9 Å². The van der Waals surface area contributed by atoms with E-state index < -0.39 is 0 Å². The van der Waals surface area contributed by atoms with Gasteiger partial charge in [-0.1, -0.05) is 370 Å². The van der Waals surface area contributed by atoms with E-state index in [1.165, 1.54) is 84.9 Å². The summed E-state index contributed by atoms with van der Waals surface area (Å²) in [5, 5.41) is 9.41. The van der Waals surface area contributed by atoms with Gasteiger partial charge in [0.1, 0.15) is 0 Å². The smallest absolute Gasteiger partial charge is 0.164 e. The number of rotatable bonds is 14. The topological polar surface area (TPSA) is 103 Å². The van der Waals surface area contributed by atoms with Gasteiger partial charge in [-0.25, -0.2) is 39.9 Å². The minimum Gasteiger partial charge on any atom is -0.247 e. The first-order chi connectivity index (χ1) is 58.5. The molecule has 6 aromatic heterocycles. The second-order valence-corrected chi connectivity index (χ2v) is 31.3. The molecule has 0 amide bonds. The van der Waals surface area contributed by atoms with Gasteiger partial charge in [-0.15, -0.1) is 22.7 Å². The monoisotopic (exact) mass is 1540 g/mol. The maximum Gasteiger partial charge on any atom is 0.164 e. The summed E-state index contributed by atoms with van der Waals surface area (Å²) >= 11 is 3.70. The molecule has 6 heterocycles. The van der Waals surface area contributed by atoms with Gasteiger partial charge in [0.2, 0.25) is 0 Å². The van der Waals surface area contributed by atoms with E-state index in [2.05, 4.69) is 291 Å². The van der Waals surface area contributed by atoms with Crippen LogP contribution in [0.15, 0.2) is 413 Å². The molecular weight excluding hydrogens is 1470 g/mol. The summed E-state index contributed by atoms with van der Waals surface area (Å²) in [5.41, 5.74) is 23.3. The molecular formula is C108H68N8S2. The number of aromatic nitrogens is 8. The van der Waals surface area contributed by atoms with Crippen molar-refractivity contribution in [3.63, 3.8) is 0 Å². The Morgan fingerprint density at radius 3 is 0.797 bits per heavy atom. The quantitative estimate of drug-likeness (QED) is 0.106. The highest BCUT2D eigenvalue weighted by Gasteiger charge is 2.27. The molecule has 0 atom stereocenters. The number of thiophene rings is 2. The van der Waals surface area contributed by atoms with Gasteiger partial charge in [-0.2, -0.15) is 0 Å². The molecule has 0 aliphatic heterocycles. The molecule has 0 aliphatic rings. The molecule has 0 spiro atoms. The minimum atomic E-state index is 0.627. The Balaban J connectivity index is 0.000000147. The highest BCUT2D eigenvalue weighted by molar-refractivity contribution is 7.24. The second kappa shape index (κ2) is 31.0. The third-order valence-corrected chi connectivity index (χ3v) is 24.4. The molecule has 0 fully saturated rings. The van der Waals surface area contributed by atoms with E-state index in [1.54, 1.807) is 0 Å². The van der Waals surface area contributed by atoms with Crippen LogP contribution < -0.4 is 0 Å².